The Bertz CT molecular complexity index is 1410. The number of piperazine rings is 1. The highest BCUT2D eigenvalue weighted by Gasteiger charge is 2.17. The van der Waals surface area contributed by atoms with Crippen molar-refractivity contribution in [3.8, 4) is 22.9 Å². The van der Waals surface area contributed by atoms with Gasteiger partial charge in [0.2, 0.25) is 0 Å². The average Bonchev–Trinajstić information content (AvgIpc) is 3.01. The molecule has 2 aromatic carbocycles. The third-order valence-corrected chi connectivity index (χ3v) is 8.11. The molecule has 0 unspecified atom stereocenters. The third-order valence-electron chi connectivity index (χ3n) is 7.38. The highest BCUT2D eigenvalue weighted by molar-refractivity contribution is 7.85. The van der Waals surface area contributed by atoms with Crippen LogP contribution in [0.3, 0.4) is 0 Å². The minimum Gasteiger partial charge on any atom is -0.493 e. The fourth-order valence-electron chi connectivity index (χ4n) is 4.76. The quantitative estimate of drug-likeness (QED) is 0.349. The van der Waals surface area contributed by atoms with Gasteiger partial charge in [-0.1, -0.05) is 0 Å². The number of benzene rings is 2. The Kier molecular flexibility index (Phi) is 11.2. The molecule has 3 aromatic rings. The average molecular weight is 603 g/mol. The second-order valence-corrected chi connectivity index (χ2v) is 11.9. The molecule has 2 aliphatic rings. The van der Waals surface area contributed by atoms with Crippen LogP contribution in [0.15, 0.2) is 36.4 Å². The van der Waals surface area contributed by atoms with Crippen molar-refractivity contribution in [2.75, 3.05) is 103 Å². The summed E-state index contributed by atoms with van der Waals surface area (Å²) in [4.78, 5) is 17.1. The Labute approximate surface area is 248 Å². The normalized spacial score (nSPS) is 16.5. The summed E-state index contributed by atoms with van der Waals surface area (Å²) in [6.07, 6.45) is 0. The lowest BCUT2D eigenvalue weighted by molar-refractivity contribution is 0.0398. The second kappa shape index (κ2) is 14.8. The van der Waals surface area contributed by atoms with Gasteiger partial charge in [-0.05, 0) is 44.3 Å². The van der Waals surface area contributed by atoms with Gasteiger partial charge in [0.1, 0.15) is 5.82 Å². The lowest BCUT2D eigenvalue weighted by Gasteiger charge is -2.34. The van der Waals surface area contributed by atoms with Crippen molar-refractivity contribution in [3.05, 3.63) is 36.4 Å². The fraction of sp³-hybridized carbons (Fsp3) is 0.517. The van der Waals surface area contributed by atoms with E-state index in [1.807, 2.05) is 12.1 Å². The molecule has 0 atom stereocenters. The van der Waals surface area contributed by atoms with Crippen LogP contribution in [-0.2, 0) is 14.9 Å². The zero-order chi connectivity index (χ0) is 30.1. The molecule has 5 rings (SSSR count). The predicted molar refractivity (Wildman–Crippen MR) is 166 cm³/mol. The van der Waals surface area contributed by atoms with Gasteiger partial charge in [-0.25, -0.2) is 9.97 Å². The van der Waals surface area contributed by atoms with E-state index in [-0.39, 0.29) is 5.75 Å². The van der Waals surface area contributed by atoms with Crippen LogP contribution in [-0.4, -0.2) is 125 Å². The minimum absolute atomic E-state index is 0.201. The standard InChI is InChI=1S/C27H36N6O3.C2H6O3S/c1-31-10-12-33(13-11-31)21-6-4-20(5-7-21)26-29-23-19-25(35-3)24(34-2)18-22(23)27(30-26)28-8-9-32-14-16-36-17-15-32;1-2-6(3,4)5/h4-7,18-19H,8-17H2,1-3H3,(H,28,29,30);2H2,1H3,(H,3,4,5). The van der Waals surface area contributed by atoms with Gasteiger partial charge in [0.25, 0.3) is 10.1 Å². The van der Waals surface area contributed by atoms with Gasteiger partial charge in [0.05, 0.1) is 38.7 Å². The number of hydrogen-bond donors (Lipinski definition) is 2. The zero-order valence-corrected chi connectivity index (χ0v) is 25.7. The maximum Gasteiger partial charge on any atom is 0.264 e. The van der Waals surface area contributed by atoms with Gasteiger partial charge in [-0.15, -0.1) is 0 Å². The molecule has 0 amide bonds. The van der Waals surface area contributed by atoms with E-state index in [1.54, 1.807) is 14.2 Å². The van der Waals surface area contributed by atoms with E-state index >= 15 is 0 Å². The summed E-state index contributed by atoms with van der Waals surface area (Å²) in [5, 5.41) is 4.47. The van der Waals surface area contributed by atoms with E-state index < -0.39 is 10.1 Å². The summed E-state index contributed by atoms with van der Waals surface area (Å²) in [5.74, 6) is 2.60. The molecular formula is C29H42N6O6S. The Morgan fingerprint density at radius 3 is 2.17 bits per heavy atom. The first-order valence-corrected chi connectivity index (χ1v) is 15.8. The summed E-state index contributed by atoms with van der Waals surface area (Å²) < 4.78 is 43.5. The van der Waals surface area contributed by atoms with Crippen LogP contribution in [0.2, 0.25) is 0 Å². The van der Waals surface area contributed by atoms with E-state index in [0.717, 1.165) is 87.9 Å². The number of hydrogen-bond acceptors (Lipinski definition) is 11. The van der Waals surface area contributed by atoms with Crippen molar-refractivity contribution < 1.29 is 27.2 Å². The van der Waals surface area contributed by atoms with Crippen LogP contribution in [0.5, 0.6) is 11.5 Å². The highest BCUT2D eigenvalue weighted by Crippen LogP contribution is 2.35. The lowest BCUT2D eigenvalue weighted by Crippen LogP contribution is -2.44. The summed E-state index contributed by atoms with van der Waals surface area (Å²) in [6, 6.07) is 12.5. The van der Waals surface area contributed by atoms with Crippen molar-refractivity contribution in [2.24, 2.45) is 0 Å². The molecule has 0 spiro atoms. The van der Waals surface area contributed by atoms with Crippen LogP contribution >= 0.6 is 0 Å². The number of methoxy groups -OCH3 is 2. The SMILES string of the molecule is CCS(=O)(=O)O.COc1cc2nc(-c3ccc(N4CCN(C)CC4)cc3)nc(NCCN3CCOCC3)c2cc1OC. The Morgan fingerprint density at radius 2 is 1.57 bits per heavy atom. The third kappa shape index (κ3) is 8.65. The number of morpholine rings is 1. The van der Waals surface area contributed by atoms with Crippen LogP contribution in [0.1, 0.15) is 6.92 Å². The summed E-state index contributed by atoms with van der Waals surface area (Å²) in [5.41, 5.74) is 3.04. The first kappa shape index (κ1) is 31.7. The second-order valence-electron chi connectivity index (χ2n) is 10.2. The molecule has 13 heteroatoms. The number of aromatic nitrogens is 2. The monoisotopic (exact) mass is 602 g/mol. The smallest absolute Gasteiger partial charge is 0.264 e. The van der Waals surface area contributed by atoms with Gasteiger partial charge >= 0.3 is 0 Å². The van der Waals surface area contributed by atoms with Crippen LogP contribution in [0, 0.1) is 0 Å². The number of anilines is 2. The molecule has 0 bridgehead atoms. The van der Waals surface area contributed by atoms with Gasteiger partial charge in [0.15, 0.2) is 17.3 Å². The number of fused-ring (bicyclic) bond motifs is 1. The molecule has 42 heavy (non-hydrogen) atoms. The maximum atomic E-state index is 9.56. The number of likely N-dealkylation sites (N-methyl/N-ethyl adjacent to an activating group) is 1. The molecule has 2 aliphatic heterocycles. The highest BCUT2D eigenvalue weighted by atomic mass is 32.2. The molecular weight excluding hydrogens is 560 g/mol. The Hall–Kier alpha value is -3.23. The van der Waals surface area contributed by atoms with Crippen molar-refractivity contribution >= 4 is 32.5 Å². The molecule has 0 saturated carbocycles. The fourth-order valence-corrected chi connectivity index (χ4v) is 4.76. The number of rotatable bonds is 9. The molecule has 0 radical (unpaired) electrons. The van der Waals surface area contributed by atoms with Gasteiger partial charge in [0, 0.05) is 75.1 Å². The largest absolute Gasteiger partial charge is 0.493 e. The summed E-state index contributed by atoms with van der Waals surface area (Å²) >= 11 is 0. The van der Waals surface area contributed by atoms with Crippen molar-refractivity contribution in [3.63, 3.8) is 0 Å². The van der Waals surface area contributed by atoms with Crippen LogP contribution in [0.25, 0.3) is 22.3 Å². The Balaban J connectivity index is 0.000000612. The summed E-state index contributed by atoms with van der Waals surface area (Å²) in [6.45, 7) is 10.8. The minimum atomic E-state index is -3.66. The predicted octanol–water partition coefficient (Wildman–Crippen LogP) is 2.70. The van der Waals surface area contributed by atoms with Gasteiger partial charge < -0.3 is 29.3 Å². The molecule has 3 heterocycles. The first-order chi connectivity index (χ1) is 20.2. The lowest BCUT2D eigenvalue weighted by atomic mass is 10.1. The topological polar surface area (TPSA) is 130 Å². The first-order valence-electron chi connectivity index (χ1n) is 14.2. The molecule has 2 fully saturated rings. The van der Waals surface area contributed by atoms with E-state index in [2.05, 4.69) is 51.3 Å². The molecule has 2 N–H and O–H groups in total. The van der Waals surface area contributed by atoms with Crippen molar-refractivity contribution in [2.45, 2.75) is 6.92 Å². The van der Waals surface area contributed by atoms with Crippen molar-refractivity contribution in [1.82, 2.24) is 19.8 Å². The van der Waals surface area contributed by atoms with E-state index in [1.165, 1.54) is 12.6 Å². The molecule has 0 aliphatic carbocycles. The molecule has 2 saturated heterocycles. The number of nitrogens with zero attached hydrogens (tertiary/aromatic N) is 5. The van der Waals surface area contributed by atoms with E-state index in [4.69, 9.17) is 28.7 Å². The van der Waals surface area contributed by atoms with E-state index in [0.29, 0.717) is 17.3 Å². The Morgan fingerprint density at radius 1 is 0.952 bits per heavy atom. The molecule has 1 aromatic heterocycles. The van der Waals surface area contributed by atoms with Gasteiger partial charge in [-0.3, -0.25) is 9.45 Å². The van der Waals surface area contributed by atoms with Gasteiger partial charge in [-0.2, -0.15) is 8.42 Å². The van der Waals surface area contributed by atoms with E-state index in [9.17, 15) is 8.42 Å². The van der Waals surface area contributed by atoms with Crippen molar-refractivity contribution in [1.29, 1.82) is 0 Å². The molecule has 12 nitrogen and oxygen atoms in total. The summed E-state index contributed by atoms with van der Waals surface area (Å²) in [7, 11) is 1.80. The maximum absolute atomic E-state index is 9.56. The number of nitrogens with one attached hydrogen (secondary N) is 1. The zero-order valence-electron chi connectivity index (χ0n) is 24.9. The van der Waals surface area contributed by atoms with Crippen LogP contribution in [0.4, 0.5) is 11.5 Å². The molecule has 230 valence electrons. The number of ether oxygens (including phenoxy) is 3. The van der Waals surface area contributed by atoms with Crippen LogP contribution < -0.4 is 19.7 Å².